The summed E-state index contributed by atoms with van der Waals surface area (Å²) in [5.74, 6) is 0.0685. The molecule has 2 N–H and O–H groups in total. The fourth-order valence-electron chi connectivity index (χ4n) is 1.66. The number of benzene rings is 1. The van der Waals surface area contributed by atoms with Gasteiger partial charge in [0.05, 0.1) is 16.9 Å². The van der Waals surface area contributed by atoms with Crippen molar-refractivity contribution in [3.63, 3.8) is 0 Å². The first-order valence-corrected chi connectivity index (χ1v) is 7.17. The van der Waals surface area contributed by atoms with Crippen LogP contribution in [0.4, 0.5) is 5.69 Å². The number of aromatic nitrogens is 2. The van der Waals surface area contributed by atoms with Crippen molar-refractivity contribution in [3.8, 4) is 5.75 Å². The molecule has 0 aliphatic rings. The first-order chi connectivity index (χ1) is 8.81. The Kier molecular flexibility index (Phi) is 3.42. The predicted molar refractivity (Wildman–Crippen MR) is 71.9 cm³/mol. The maximum Gasteiger partial charge on any atom is 0.280 e. The monoisotopic (exact) mass is 301 g/mol. The highest BCUT2D eigenvalue weighted by Gasteiger charge is 2.23. The zero-order valence-corrected chi connectivity index (χ0v) is 11.8. The first-order valence-electron chi connectivity index (χ1n) is 5.31. The van der Waals surface area contributed by atoms with Crippen LogP contribution in [0.5, 0.6) is 5.75 Å². The summed E-state index contributed by atoms with van der Waals surface area (Å²) in [6.07, 6.45) is 1.26. The topological polar surface area (TPSA) is 84.2 Å². The Morgan fingerprint density at radius 2 is 2.11 bits per heavy atom. The molecule has 1 aromatic heterocycles. The maximum atomic E-state index is 12.2. The van der Waals surface area contributed by atoms with Crippen LogP contribution in [0.3, 0.4) is 0 Å². The third kappa shape index (κ3) is 2.66. The van der Waals surface area contributed by atoms with Gasteiger partial charge < -0.3 is 5.11 Å². The van der Waals surface area contributed by atoms with E-state index < -0.39 is 10.0 Å². The molecular formula is C11H12ClN3O3S. The number of hydrogen-bond donors (Lipinski definition) is 2. The third-order valence-corrected chi connectivity index (χ3v) is 4.42. The van der Waals surface area contributed by atoms with Crippen molar-refractivity contribution in [1.29, 1.82) is 0 Å². The zero-order valence-electron chi connectivity index (χ0n) is 10.3. The number of nitrogens with zero attached hydrogens (tertiary/aromatic N) is 2. The lowest BCUT2D eigenvalue weighted by Crippen LogP contribution is -2.17. The molecular weight excluding hydrogens is 290 g/mol. The molecule has 6 nitrogen and oxygen atoms in total. The molecule has 2 rings (SSSR count). The van der Waals surface area contributed by atoms with Gasteiger partial charge in [-0.05, 0) is 30.7 Å². The molecule has 1 heterocycles. The lowest BCUT2D eigenvalue weighted by atomic mass is 10.2. The van der Waals surface area contributed by atoms with Crippen molar-refractivity contribution in [3.05, 3.63) is 35.0 Å². The van der Waals surface area contributed by atoms with Crippen molar-refractivity contribution in [2.75, 3.05) is 4.72 Å². The molecule has 0 saturated carbocycles. The summed E-state index contributed by atoms with van der Waals surface area (Å²) in [5.41, 5.74) is 0.969. The van der Waals surface area contributed by atoms with Gasteiger partial charge in [0.15, 0.2) is 5.03 Å². The van der Waals surface area contributed by atoms with Crippen LogP contribution < -0.4 is 4.72 Å². The van der Waals surface area contributed by atoms with Crippen LogP contribution in [0.15, 0.2) is 29.4 Å². The Morgan fingerprint density at radius 1 is 1.42 bits per heavy atom. The average molecular weight is 302 g/mol. The SMILES string of the molecule is Cc1cc(O)ccc1NS(=O)(=O)c1c(Cl)cnn1C. The minimum Gasteiger partial charge on any atom is -0.508 e. The predicted octanol–water partition coefficient (Wildman–Crippen LogP) is 1.89. The number of phenols is 1. The Hall–Kier alpha value is -1.73. The summed E-state index contributed by atoms with van der Waals surface area (Å²) in [6.45, 7) is 1.68. The van der Waals surface area contributed by atoms with Crippen LogP contribution in [0, 0.1) is 6.92 Å². The summed E-state index contributed by atoms with van der Waals surface area (Å²) >= 11 is 5.82. The van der Waals surface area contributed by atoms with Gasteiger partial charge in [0.2, 0.25) is 0 Å². The van der Waals surface area contributed by atoms with E-state index in [2.05, 4.69) is 9.82 Å². The van der Waals surface area contributed by atoms with Crippen LogP contribution in [-0.2, 0) is 17.1 Å². The normalized spacial score (nSPS) is 11.5. The van der Waals surface area contributed by atoms with Gasteiger partial charge in [-0.1, -0.05) is 11.6 Å². The molecule has 19 heavy (non-hydrogen) atoms. The van der Waals surface area contributed by atoms with E-state index in [0.717, 1.165) is 0 Å². The molecule has 2 aromatic rings. The van der Waals surface area contributed by atoms with Crippen LogP contribution in [0.25, 0.3) is 0 Å². The van der Waals surface area contributed by atoms with E-state index in [1.54, 1.807) is 6.92 Å². The molecule has 0 amide bonds. The fourth-order valence-corrected chi connectivity index (χ4v) is 3.45. The number of phenolic OH excluding ortho intramolecular Hbond substituents is 1. The Balaban J connectivity index is 2.42. The number of nitrogens with one attached hydrogen (secondary N) is 1. The summed E-state index contributed by atoms with van der Waals surface area (Å²) in [6, 6.07) is 4.34. The van der Waals surface area contributed by atoms with Gasteiger partial charge in [-0.25, -0.2) is 0 Å². The number of aromatic hydroxyl groups is 1. The molecule has 0 aliphatic heterocycles. The number of hydrogen-bond acceptors (Lipinski definition) is 4. The van der Waals surface area contributed by atoms with E-state index in [-0.39, 0.29) is 15.8 Å². The molecule has 0 spiro atoms. The molecule has 0 radical (unpaired) electrons. The maximum absolute atomic E-state index is 12.2. The quantitative estimate of drug-likeness (QED) is 0.848. The second-order valence-corrected chi connectivity index (χ2v) is 6.03. The molecule has 1 aromatic carbocycles. The smallest absolute Gasteiger partial charge is 0.280 e. The van der Waals surface area contributed by atoms with Crippen LogP contribution in [-0.4, -0.2) is 23.3 Å². The molecule has 0 unspecified atom stereocenters. The van der Waals surface area contributed by atoms with E-state index in [1.807, 2.05) is 0 Å². The van der Waals surface area contributed by atoms with Gasteiger partial charge >= 0.3 is 0 Å². The van der Waals surface area contributed by atoms with Crippen molar-refractivity contribution in [2.24, 2.45) is 7.05 Å². The number of anilines is 1. The molecule has 8 heteroatoms. The third-order valence-electron chi connectivity index (χ3n) is 2.55. The van der Waals surface area contributed by atoms with Gasteiger partial charge in [0, 0.05) is 7.05 Å². The summed E-state index contributed by atoms with van der Waals surface area (Å²) in [5, 5.41) is 13.0. The van der Waals surface area contributed by atoms with Gasteiger partial charge in [-0.15, -0.1) is 0 Å². The highest BCUT2D eigenvalue weighted by molar-refractivity contribution is 7.92. The first kappa shape index (κ1) is 13.7. The molecule has 0 fully saturated rings. The Bertz CT molecular complexity index is 705. The van der Waals surface area contributed by atoms with E-state index in [1.165, 1.54) is 36.1 Å². The minimum absolute atomic E-state index is 0.0476. The van der Waals surface area contributed by atoms with Gasteiger partial charge in [0.25, 0.3) is 10.0 Å². The number of sulfonamides is 1. The molecule has 0 aliphatic carbocycles. The summed E-state index contributed by atoms with van der Waals surface area (Å²) in [4.78, 5) is 0. The highest BCUT2D eigenvalue weighted by Crippen LogP contribution is 2.26. The molecule has 102 valence electrons. The molecule has 0 saturated heterocycles. The van der Waals surface area contributed by atoms with Gasteiger partial charge in [0.1, 0.15) is 5.75 Å². The van der Waals surface area contributed by atoms with Crippen molar-refractivity contribution < 1.29 is 13.5 Å². The van der Waals surface area contributed by atoms with E-state index in [9.17, 15) is 13.5 Å². The van der Waals surface area contributed by atoms with Gasteiger partial charge in [-0.3, -0.25) is 9.40 Å². The average Bonchev–Trinajstić information content (AvgIpc) is 2.63. The van der Waals surface area contributed by atoms with Crippen LogP contribution in [0.2, 0.25) is 5.02 Å². The minimum atomic E-state index is -3.83. The fraction of sp³-hybridized carbons (Fsp3) is 0.182. The van der Waals surface area contributed by atoms with E-state index in [0.29, 0.717) is 11.3 Å². The van der Waals surface area contributed by atoms with Crippen molar-refractivity contribution in [1.82, 2.24) is 9.78 Å². The lowest BCUT2D eigenvalue weighted by molar-refractivity contribution is 0.475. The second kappa shape index (κ2) is 4.75. The number of halogens is 1. The van der Waals surface area contributed by atoms with E-state index in [4.69, 9.17) is 11.6 Å². The van der Waals surface area contributed by atoms with E-state index >= 15 is 0 Å². The van der Waals surface area contributed by atoms with Crippen LogP contribution in [0.1, 0.15) is 5.56 Å². The standard InChI is InChI=1S/C11H12ClN3O3S/c1-7-5-8(16)3-4-10(7)14-19(17,18)11-9(12)6-13-15(11)2/h3-6,14,16H,1-2H3. The lowest BCUT2D eigenvalue weighted by Gasteiger charge is -2.11. The van der Waals surface area contributed by atoms with Crippen molar-refractivity contribution in [2.45, 2.75) is 11.9 Å². The van der Waals surface area contributed by atoms with Crippen molar-refractivity contribution >= 4 is 27.3 Å². The number of aryl methyl sites for hydroxylation is 2. The largest absolute Gasteiger partial charge is 0.508 e. The summed E-state index contributed by atoms with van der Waals surface area (Å²) < 4.78 is 28.0. The molecule has 0 bridgehead atoms. The molecule has 0 atom stereocenters. The van der Waals surface area contributed by atoms with Crippen LogP contribution >= 0.6 is 11.6 Å². The summed E-state index contributed by atoms with van der Waals surface area (Å²) in [7, 11) is -2.34. The Morgan fingerprint density at radius 3 is 2.63 bits per heavy atom. The Labute approximate surface area is 115 Å². The zero-order chi connectivity index (χ0) is 14.2. The second-order valence-electron chi connectivity index (χ2n) is 4.03. The number of rotatable bonds is 3. The highest BCUT2D eigenvalue weighted by atomic mass is 35.5. The van der Waals surface area contributed by atoms with Gasteiger partial charge in [-0.2, -0.15) is 13.5 Å².